The first-order valence-corrected chi connectivity index (χ1v) is 6.92. The number of carbonyl (C=O) groups is 1. The number of pyridine rings is 1. The molecule has 1 fully saturated rings. The topological polar surface area (TPSA) is 51.7 Å². The first-order valence-electron chi connectivity index (χ1n) is 6.92. The SMILES string of the molecule is CC(C)(C)OC(=O)N1CC[C@@H](OCc2cccnc2)C1. The van der Waals surface area contributed by atoms with Crippen molar-refractivity contribution < 1.29 is 14.3 Å². The van der Waals surface area contributed by atoms with Gasteiger partial charge in [0.25, 0.3) is 0 Å². The molecule has 1 saturated heterocycles. The number of hydrogen-bond acceptors (Lipinski definition) is 4. The summed E-state index contributed by atoms with van der Waals surface area (Å²) in [6, 6.07) is 3.87. The first-order chi connectivity index (χ1) is 9.44. The third kappa shape index (κ3) is 4.49. The predicted octanol–water partition coefficient (Wildman–Crippen LogP) is 2.61. The molecule has 1 aromatic rings. The lowest BCUT2D eigenvalue weighted by atomic mass is 10.2. The van der Waals surface area contributed by atoms with E-state index in [0.717, 1.165) is 12.0 Å². The Bertz CT molecular complexity index is 442. The minimum Gasteiger partial charge on any atom is -0.444 e. The van der Waals surface area contributed by atoms with Crippen LogP contribution in [0.25, 0.3) is 0 Å². The van der Waals surface area contributed by atoms with Gasteiger partial charge in [-0.3, -0.25) is 4.98 Å². The lowest BCUT2D eigenvalue weighted by Crippen LogP contribution is -2.36. The van der Waals surface area contributed by atoms with Crippen molar-refractivity contribution in [2.24, 2.45) is 0 Å². The number of aromatic nitrogens is 1. The molecule has 0 saturated carbocycles. The van der Waals surface area contributed by atoms with Gasteiger partial charge >= 0.3 is 6.09 Å². The molecule has 1 amide bonds. The minimum atomic E-state index is -0.453. The molecule has 0 aliphatic carbocycles. The highest BCUT2D eigenvalue weighted by Crippen LogP contribution is 2.18. The Balaban J connectivity index is 1.76. The van der Waals surface area contributed by atoms with Crippen LogP contribution in [-0.4, -0.2) is 40.8 Å². The summed E-state index contributed by atoms with van der Waals surface area (Å²) in [7, 11) is 0. The molecular formula is C15H22N2O3. The van der Waals surface area contributed by atoms with Crippen LogP contribution in [0.15, 0.2) is 24.5 Å². The average Bonchev–Trinajstić information content (AvgIpc) is 2.84. The number of carbonyl (C=O) groups excluding carboxylic acids is 1. The fourth-order valence-electron chi connectivity index (χ4n) is 2.05. The van der Waals surface area contributed by atoms with Crippen molar-refractivity contribution in [1.29, 1.82) is 0 Å². The summed E-state index contributed by atoms with van der Waals surface area (Å²) < 4.78 is 11.2. The van der Waals surface area contributed by atoms with Gasteiger partial charge in [-0.25, -0.2) is 4.79 Å². The maximum Gasteiger partial charge on any atom is 0.410 e. The molecule has 0 N–H and O–H groups in total. The van der Waals surface area contributed by atoms with E-state index in [9.17, 15) is 4.79 Å². The second kappa shape index (κ2) is 6.22. The highest BCUT2D eigenvalue weighted by Gasteiger charge is 2.30. The van der Waals surface area contributed by atoms with Crippen LogP contribution in [0.5, 0.6) is 0 Å². The van der Waals surface area contributed by atoms with Crippen molar-refractivity contribution in [3.05, 3.63) is 30.1 Å². The molecule has 0 radical (unpaired) electrons. The van der Waals surface area contributed by atoms with Crippen molar-refractivity contribution >= 4 is 6.09 Å². The molecule has 20 heavy (non-hydrogen) atoms. The zero-order chi connectivity index (χ0) is 14.6. The molecular weight excluding hydrogens is 256 g/mol. The first kappa shape index (κ1) is 14.8. The van der Waals surface area contributed by atoms with E-state index < -0.39 is 5.60 Å². The van der Waals surface area contributed by atoms with Gasteiger partial charge in [-0.15, -0.1) is 0 Å². The van der Waals surface area contributed by atoms with Gasteiger partial charge < -0.3 is 14.4 Å². The molecule has 1 aliphatic rings. The second-order valence-electron chi connectivity index (χ2n) is 6.01. The van der Waals surface area contributed by atoms with Gasteiger partial charge in [0.15, 0.2) is 0 Å². The predicted molar refractivity (Wildman–Crippen MR) is 75.2 cm³/mol. The minimum absolute atomic E-state index is 0.0720. The molecule has 2 rings (SSSR count). The van der Waals surface area contributed by atoms with Crippen LogP contribution in [0.2, 0.25) is 0 Å². The number of hydrogen-bond donors (Lipinski definition) is 0. The van der Waals surface area contributed by atoms with E-state index in [1.807, 2.05) is 32.9 Å². The monoisotopic (exact) mass is 278 g/mol. The van der Waals surface area contributed by atoms with Crippen molar-refractivity contribution in [3.63, 3.8) is 0 Å². The van der Waals surface area contributed by atoms with E-state index in [1.165, 1.54) is 0 Å². The van der Waals surface area contributed by atoms with Gasteiger partial charge in [0.2, 0.25) is 0 Å². The summed E-state index contributed by atoms with van der Waals surface area (Å²) in [6.07, 6.45) is 4.19. The van der Waals surface area contributed by atoms with E-state index >= 15 is 0 Å². The van der Waals surface area contributed by atoms with Gasteiger partial charge in [0.1, 0.15) is 5.60 Å². The molecule has 1 atom stereocenters. The van der Waals surface area contributed by atoms with Gasteiger partial charge in [-0.05, 0) is 38.8 Å². The van der Waals surface area contributed by atoms with Crippen LogP contribution in [0, 0.1) is 0 Å². The van der Waals surface area contributed by atoms with Crippen LogP contribution in [0.3, 0.4) is 0 Å². The summed E-state index contributed by atoms with van der Waals surface area (Å²) in [5.41, 5.74) is 0.592. The van der Waals surface area contributed by atoms with Crippen molar-refractivity contribution in [2.75, 3.05) is 13.1 Å². The zero-order valence-electron chi connectivity index (χ0n) is 12.3. The molecule has 0 bridgehead atoms. The van der Waals surface area contributed by atoms with E-state index in [0.29, 0.717) is 19.7 Å². The maximum absolute atomic E-state index is 11.9. The molecule has 1 aliphatic heterocycles. The van der Waals surface area contributed by atoms with Crippen molar-refractivity contribution in [1.82, 2.24) is 9.88 Å². The van der Waals surface area contributed by atoms with Crippen LogP contribution in [0.1, 0.15) is 32.8 Å². The summed E-state index contributed by atoms with van der Waals surface area (Å²) in [6.45, 7) is 7.43. The summed E-state index contributed by atoms with van der Waals surface area (Å²) in [5, 5.41) is 0. The Hall–Kier alpha value is -1.62. The lowest BCUT2D eigenvalue weighted by molar-refractivity contribution is 0.0184. The van der Waals surface area contributed by atoms with E-state index in [2.05, 4.69) is 4.98 Å². The van der Waals surface area contributed by atoms with Gasteiger partial charge in [-0.2, -0.15) is 0 Å². The number of ether oxygens (including phenoxy) is 2. The van der Waals surface area contributed by atoms with Crippen LogP contribution in [-0.2, 0) is 16.1 Å². The molecule has 1 aromatic heterocycles. The molecule has 0 unspecified atom stereocenters. The maximum atomic E-state index is 11.9. The van der Waals surface area contributed by atoms with Crippen LogP contribution < -0.4 is 0 Å². The molecule has 5 heteroatoms. The zero-order valence-corrected chi connectivity index (χ0v) is 12.3. The Kier molecular flexibility index (Phi) is 4.60. The Labute approximate surface area is 119 Å². The van der Waals surface area contributed by atoms with E-state index in [4.69, 9.17) is 9.47 Å². The largest absolute Gasteiger partial charge is 0.444 e. The molecule has 5 nitrogen and oxygen atoms in total. The van der Waals surface area contributed by atoms with Crippen LogP contribution >= 0.6 is 0 Å². The molecule has 0 spiro atoms. The van der Waals surface area contributed by atoms with Gasteiger partial charge in [-0.1, -0.05) is 6.07 Å². The Morgan fingerprint density at radius 2 is 2.30 bits per heavy atom. The van der Waals surface area contributed by atoms with Gasteiger partial charge in [0, 0.05) is 18.9 Å². The summed E-state index contributed by atoms with van der Waals surface area (Å²) in [4.78, 5) is 17.7. The Morgan fingerprint density at radius 3 is 2.95 bits per heavy atom. The third-order valence-corrected chi connectivity index (χ3v) is 3.01. The van der Waals surface area contributed by atoms with Crippen molar-refractivity contribution in [2.45, 2.75) is 45.5 Å². The molecule has 0 aromatic carbocycles. The highest BCUT2D eigenvalue weighted by atomic mass is 16.6. The number of rotatable bonds is 3. The quantitative estimate of drug-likeness (QED) is 0.853. The third-order valence-electron chi connectivity index (χ3n) is 3.01. The smallest absolute Gasteiger partial charge is 0.410 e. The highest BCUT2D eigenvalue weighted by molar-refractivity contribution is 5.68. The number of amides is 1. The lowest BCUT2D eigenvalue weighted by Gasteiger charge is -2.24. The molecule has 2 heterocycles. The van der Waals surface area contributed by atoms with Crippen molar-refractivity contribution in [3.8, 4) is 0 Å². The number of nitrogens with zero attached hydrogens (tertiary/aromatic N) is 2. The van der Waals surface area contributed by atoms with Gasteiger partial charge in [0.05, 0.1) is 19.3 Å². The summed E-state index contributed by atoms with van der Waals surface area (Å²) in [5.74, 6) is 0. The standard InChI is InChI=1S/C15H22N2O3/c1-15(2,3)20-14(18)17-8-6-13(10-17)19-11-12-5-4-7-16-9-12/h4-5,7,9,13H,6,8,10-11H2,1-3H3/t13-/m1/s1. The molecule has 110 valence electrons. The second-order valence-corrected chi connectivity index (χ2v) is 6.01. The Morgan fingerprint density at radius 1 is 1.50 bits per heavy atom. The van der Waals surface area contributed by atoms with Crippen LogP contribution in [0.4, 0.5) is 4.79 Å². The number of likely N-dealkylation sites (tertiary alicyclic amines) is 1. The normalized spacial score (nSPS) is 19.1. The van der Waals surface area contributed by atoms with E-state index in [1.54, 1.807) is 17.3 Å². The fourth-order valence-corrected chi connectivity index (χ4v) is 2.05. The summed E-state index contributed by atoms with van der Waals surface area (Å²) >= 11 is 0. The fraction of sp³-hybridized carbons (Fsp3) is 0.600. The van der Waals surface area contributed by atoms with E-state index in [-0.39, 0.29) is 12.2 Å². The average molecular weight is 278 g/mol.